The van der Waals surface area contributed by atoms with E-state index >= 15 is 4.39 Å². The lowest BCUT2D eigenvalue weighted by molar-refractivity contribution is -0.138. The van der Waals surface area contributed by atoms with E-state index in [1.807, 2.05) is 45.9 Å². The van der Waals surface area contributed by atoms with Crippen molar-refractivity contribution in [1.29, 1.82) is 0 Å². The molecule has 0 spiro atoms. The molecule has 336 valence electrons. The fourth-order valence-electron chi connectivity index (χ4n) is 9.66. The van der Waals surface area contributed by atoms with Crippen LogP contribution in [0.5, 0.6) is 0 Å². The Bertz CT molecular complexity index is 2640. The van der Waals surface area contributed by atoms with Crippen molar-refractivity contribution in [3.63, 3.8) is 0 Å². The predicted octanol–water partition coefficient (Wildman–Crippen LogP) is 4.11. The van der Waals surface area contributed by atoms with Crippen LogP contribution in [-0.4, -0.2) is 115 Å². The maximum atomic E-state index is 16.0. The summed E-state index contributed by atoms with van der Waals surface area (Å²) in [5, 5.41) is 21.9. The number of piperidine rings is 2. The number of rotatable bonds is 11. The number of hydrogen-bond acceptors (Lipinski definition) is 13. The van der Waals surface area contributed by atoms with Crippen molar-refractivity contribution in [1.82, 2.24) is 34.6 Å². The zero-order valence-electron chi connectivity index (χ0n) is 35.5. The second-order valence-corrected chi connectivity index (χ2v) is 18.3. The molecule has 17 nitrogen and oxygen atoms in total. The Morgan fingerprint density at radius 3 is 2.45 bits per heavy atom. The number of aliphatic hydroxyl groups is 1. The highest BCUT2D eigenvalue weighted by Gasteiger charge is 2.42. The lowest BCUT2D eigenvalue weighted by Gasteiger charge is -2.41. The Hall–Kier alpha value is -6.73. The number of hydrogen-bond donors (Lipinski definition) is 4. The van der Waals surface area contributed by atoms with E-state index in [9.17, 15) is 29.1 Å². The molecule has 5 aromatic rings. The number of aromatic nitrogens is 4. The smallest absolute Gasteiger partial charge is 0.255 e. The van der Waals surface area contributed by atoms with Gasteiger partial charge in [-0.1, -0.05) is 12.1 Å². The molecule has 5 amide bonds. The van der Waals surface area contributed by atoms with Crippen LogP contribution in [0.3, 0.4) is 0 Å². The number of imidazole rings is 1. The van der Waals surface area contributed by atoms with Crippen LogP contribution in [0, 0.1) is 5.82 Å². The summed E-state index contributed by atoms with van der Waals surface area (Å²) < 4.78 is 18.0. The summed E-state index contributed by atoms with van der Waals surface area (Å²) in [5.41, 5.74) is 3.63. The Labute approximate surface area is 377 Å². The first kappa shape index (κ1) is 42.2. The number of imide groups is 1. The van der Waals surface area contributed by atoms with Gasteiger partial charge in [0.1, 0.15) is 17.7 Å². The zero-order chi connectivity index (χ0) is 44.8. The number of piperazine rings is 1. The van der Waals surface area contributed by atoms with E-state index in [0.717, 1.165) is 42.1 Å². The quantitative estimate of drug-likeness (QED) is 0.139. The van der Waals surface area contributed by atoms with Gasteiger partial charge in [-0.2, -0.15) is 0 Å². The average Bonchev–Trinajstić information content (AvgIpc) is 4.14. The van der Waals surface area contributed by atoms with Crippen molar-refractivity contribution in [2.45, 2.75) is 75.7 Å². The Morgan fingerprint density at radius 1 is 0.923 bits per heavy atom. The van der Waals surface area contributed by atoms with Crippen LogP contribution in [0.2, 0.25) is 0 Å². The molecule has 3 fully saturated rings. The number of carbonyl (C=O) groups is 5. The highest BCUT2D eigenvalue weighted by molar-refractivity contribution is 7.13. The van der Waals surface area contributed by atoms with E-state index in [-0.39, 0.29) is 48.2 Å². The average molecular weight is 902 g/mol. The van der Waals surface area contributed by atoms with Crippen molar-refractivity contribution >= 4 is 63.2 Å². The lowest BCUT2D eigenvalue weighted by Crippen LogP contribution is -2.52. The molecule has 0 aliphatic carbocycles. The van der Waals surface area contributed by atoms with Gasteiger partial charge in [-0.25, -0.2) is 19.3 Å². The van der Waals surface area contributed by atoms with Crippen LogP contribution in [0.25, 0.3) is 11.1 Å². The number of anilines is 4. The second-order valence-electron chi connectivity index (χ2n) is 17.4. The third kappa shape index (κ3) is 8.52. The van der Waals surface area contributed by atoms with Gasteiger partial charge in [-0.15, -0.1) is 11.3 Å². The van der Waals surface area contributed by atoms with Crippen molar-refractivity contribution in [2.75, 3.05) is 59.7 Å². The molecule has 65 heavy (non-hydrogen) atoms. The van der Waals surface area contributed by atoms with Crippen molar-refractivity contribution in [3.05, 3.63) is 101 Å². The molecule has 0 radical (unpaired) electrons. The van der Waals surface area contributed by atoms with Gasteiger partial charge in [0, 0.05) is 86.3 Å². The Balaban J connectivity index is 0.731. The topological polar surface area (TPSA) is 198 Å². The molecular weight excluding hydrogens is 854 g/mol. The normalized spacial score (nSPS) is 19.8. The molecule has 2 atom stereocenters. The summed E-state index contributed by atoms with van der Waals surface area (Å²) in [5.74, 6) is -1.36. The van der Waals surface area contributed by atoms with Crippen molar-refractivity contribution < 1.29 is 33.5 Å². The summed E-state index contributed by atoms with van der Waals surface area (Å²) in [6.07, 6.45) is 8.16. The minimum atomic E-state index is -1.12. The van der Waals surface area contributed by atoms with Gasteiger partial charge in [0.2, 0.25) is 17.7 Å². The Kier molecular flexibility index (Phi) is 11.3. The molecule has 2 aromatic carbocycles. The van der Waals surface area contributed by atoms with E-state index in [1.165, 1.54) is 22.3 Å². The number of thiazole rings is 1. The van der Waals surface area contributed by atoms with Gasteiger partial charge >= 0.3 is 0 Å². The molecule has 2 unspecified atom stereocenters. The zero-order valence-corrected chi connectivity index (χ0v) is 36.4. The molecule has 0 bridgehead atoms. The lowest BCUT2D eigenvalue weighted by atomic mass is 9.87. The molecule has 5 aliphatic heterocycles. The van der Waals surface area contributed by atoms with Gasteiger partial charge in [0.05, 0.1) is 42.5 Å². The third-order valence-corrected chi connectivity index (χ3v) is 14.0. The molecule has 5 aliphatic rings. The standard InChI is InChI=1S/C46H48FN11O6S/c47-34-23-29(22-32-33(34)26-58(44(32)63)41(43(62)53-45-48-13-21-65-45)40-36-2-1-14-57(36)27-50-40)28-3-6-31(7-4-28)54-17-19-56(20-18-54)39(60)24-46(64)11-15-55(16-12-46)37-9-5-30(25-49-37)51-35-8-10-38(59)52-42(35)61/h3-7,9,13,21-23,25,27,35,41,51,64H,1-2,8,10-12,14-20,24,26H2,(H,48,53,62)(H,52,59,61). The maximum Gasteiger partial charge on any atom is 0.255 e. The molecule has 8 heterocycles. The summed E-state index contributed by atoms with van der Waals surface area (Å²) in [7, 11) is 0. The van der Waals surface area contributed by atoms with E-state index in [1.54, 1.807) is 30.2 Å². The van der Waals surface area contributed by atoms with Crippen LogP contribution in [0.4, 0.5) is 26.7 Å². The largest absolute Gasteiger partial charge is 0.389 e. The summed E-state index contributed by atoms with van der Waals surface area (Å²) >= 11 is 1.27. The van der Waals surface area contributed by atoms with Crippen molar-refractivity contribution in [2.24, 2.45) is 0 Å². The molecule has 3 saturated heterocycles. The predicted molar refractivity (Wildman–Crippen MR) is 240 cm³/mol. The van der Waals surface area contributed by atoms with Crippen molar-refractivity contribution in [3.8, 4) is 11.1 Å². The van der Waals surface area contributed by atoms with Gasteiger partial charge in [-0.3, -0.25) is 34.6 Å². The second kappa shape index (κ2) is 17.3. The monoisotopic (exact) mass is 901 g/mol. The summed E-state index contributed by atoms with van der Waals surface area (Å²) in [6, 6.07) is 13.0. The number of pyridine rings is 1. The Morgan fingerprint density at radius 2 is 1.72 bits per heavy atom. The number of amides is 5. The first-order valence-electron chi connectivity index (χ1n) is 22.0. The first-order valence-corrected chi connectivity index (χ1v) is 22.9. The van der Waals surface area contributed by atoms with Crippen LogP contribution in [-0.2, 0) is 38.7 Å². The first-order chi connectivity index (χ1) is 31.5. The maximum absolute atomic E-state index is 16.0. The molecular formula is C46H48FN11O6S. The molecule has 10 rings (SSSR count). The van der Waals surface area contributed by atoms with E-state index in [4.69, 9.17) is 0 Å². The third-order valence-electron chi connectivity index (χ3n) is 13.3. The highest BCUT2D eigenvalue weighted by atomic mass is 32.1. The molecule has 0 saturated carbocycles. The molecule has 19 heteroatoms. The fraction of sp³-hybridized carbons (Fsp3) is 0.391. The van der Waals surface area contributed by atoms with E-state index < -0.39 is 35.3 Å². The number of halogens is 1. The van der Waals surface area contributed by atoms with Crippen LogP contribution < -0.4 is 25.8 Å². The summed E-state index contributed by atoms with van der Waals surface area (Å²) in [4.78, 5) is 85.9. The molecule has 4 N–H and O–H groups in total. The number of nitrogens with zero attached hydrogens (tertiary/aromatic N) is 8. The van der Waals surface area contributed by atoms with Crippen LogP contribution >= 0.6 is 11.3 Å². The minimum absolute atomic E-state index is 0.0430. The van der Waals surface area contributed by atoms with Gasteiger partial charge in [-0.05, 0) is 79.6 Å². The number of fused-ring (bicyclic) bond motifs is 2. The van der Waals surface area contributed by atoms with E-state index in [0.29, 0.717) is 80.6 Å². The number of aryl methyl sites for hydroxylation is 1. The number of benzene rings is 2. The van der Waals surface area contributed by atoms with Crippen LogP contribution in [0.15, 0.2) is 72.6 Å². The highest BCUT2D eigenvalue weighted by Crippen LogP contribution is 2.38. The molecule has 3 aromatic heterocycles. The van der Waals surface area contributed by atoms with Crippen LogP contribution in [0.1, 0.15) is 71.9 Å². The van der Waals surface area contributed by atoms with E-state index in [2.05, 4.69) is 40.7 Å². The number of carbonyl (C=O) groups excluding carboxylic acids is 5. The SMILES string of the molecule is O=C1CCC(Nc2ccc(N3CCC(O)(CC(=O)N4CCN(c5ccc(-c6cc(F)c7c(c6)C(=O)N(C(C(=O)Nc6nccs6)c6ncn8c6CCC8)C7)cc5)CC4)CC3)nc2)C(=O)N1. The number of nitrogens with one attached hydrogen (secondary N) is 3. The minimum Gasteiger partial charge on any atom is -0.389 e. The van der Waals surface area contributed by atoms with Gasteiger partial charge < -0.3 is 34.6 Å². The summed E-state index contributed by atoms with van der Waals surface area (Å²) in [6.45, 7) is 4.00. The fourth-order valence-corrected chi connectivity index (χ4v) is 10.2. The van der Waals surface area contributed by atoms with Gasteiger partial charge in [0.15, 0.2) is 11.2 Å². The van der Waals surface area contributed by atoms with Gasteiger partial charge in [0.25, 0.3) is 11.8 Å².